The topological polar surface area (TPSA) is 26.3 Å². The van der Waals surface area contributed by atoms with Crippen molar-refractivity contribution in [3.63, 3.8) is 0 Å². The molecule has 0 aromatic heterocycles. The summed E-state index contributed by atoms with van der Waals surface area (Å²) in [6, 6.07) is 3.48. The number of carbonyl (C=O) groups excluding carboxylic acids is 1. The molecule has 1 fully saturated rings. The molecule has 104 valence electrons. The van der Waals surface area contributed by atoms with Crippen molar-refractivity contribution in [1.82, 2.24) is 0 Å². The van der Waals surface area contributed by atoms with Gasteiger partial charge >= 0.3 is 5.97 Å². The van der Waals surface area contributed by atoms with E-state index in [2.05, 4.69) is 4.74 Å². The summed E-state index contributed by atoms with van der Waals surface area (Å²) in [7, 11) is 1.38. The molecule has 0 N–H and O–H groups in total. The van der Waals surface area contributed by atoms with E-state index in [4.69, 9.17) is 0 Å². The molecule has 19 heavy (non-hydrogen) atoms. The number of halogens is 2. The fourth-order valence-corrected chi connectivity index (χ4v) is 3.33. The van der Waals surface area contributed by atoms with Crippen LogP contribution in [0.2, 0.25) is 0 Å². The molecule has 0 spiro atoms. The van der Waals surface area contributed by atoms with Crippen molar-refractivity contribution in [2.75, 3.05) is 12.9 Å². The van der Waals surface area contributed by atoms with Gasteiger partial charge in [0.15, 0.2) is 0 Å². The smallest absolute Gasteiger partial charge is 0.306 e. The third-order valence-corrected chi connectivity index (χ3v) is 4.71. The van der Waals surface area contributed by atoms with Crippen molar-refractivity contribution in [2.45, 2.75) is 25.0 Å². The summed E-state index contributed by atoms with van der Waals surface area (Å²) in [4.78, 5) is 11.3. The lowest BCUT2D eigenvalue weighted by Crippen LogP contribution is -2.13. The zero-order valence-corrected chi connectivity index (χ0v) is 11.6. The summed E-state index contributed by atoms with van der Waals surface area (Å²) in [6.45, 7) is 0. The molecule has 1 aromatic rings. The summed E-state index contributed by atoms with van der Waals surface area (Å²) in [5, 5.41) is 0. The lowest BCUT2D eigenvalue weighted by molar-refractivity contribution is -0.141. The second kappa shape index (κ2) is 5.90. The van der Waals surface area contributed by atoms with Gasteiger partial charge in [0.1, 0.15) is 11.6 Å². The molecule has 2 rings (SSSR count). The molecule has 5 heteroatoms. The fraction of sp³-hybridized carbons (Fsp3) is 0.500. The van der Waals surface area contributed by atoms with E-state index in [9.17, 15) is 13.6 Å². The van der Waals surface area contributed by atoms with Crippen molar-refractivity contribution >= 4 is 17.7 Å². The van der Waals surface area contributed by atoms with Crippen LogP contribution in [0, 0.1) is 17.0 Å². The van der Waals surface area contributed by atoms with Crippen LogP contribution in [-0.2, 0) is 15.3 Å². The Morgan fingerprint density at radius 1 is 1.42 bits per heavy atom. The maximum Gasteiger partial charge on any atom is 0.306 e. The van der Waals surface area contributed by atoms with Crippen LogP contribution >= 0.6 is 11.8 Å². The molecule has 2 nitrogen and oxygen atoms in total. The van der Waals surface area contributed by atoms with Crippen molar-refractivity contribution in [1.29, 1.82) is 0 Å². The molecule has 0 bridgehead atoms. The number of esters is 1. The van der Waals surface area contributed by atoms with E-state index in [0.29, 0.717) is 17.7 Å². The average Bonchev–Trinajstić information content (AvgIpc) is 3.13. The minimum atomic E-state index is -0.423. The second-order valence-electron chi connectivity index (χ2n) is 4.98. The SMILES string of the molecule is COC(=O)CC1(CSCc2cc(F)ccc2F)CC1. The largest absolute Gasteiger partial charge is 0.469 e. The van der Waals surface area contributed by atoms with Crippen LogP contribution in [0.3, 0.4) is 0 Å². The quantitative estimate of drug-likeness (QED) is 0.748. The van der Waals surface area contributed by atoms with Crippen LogP contribution in [0.1, 0.15) is 24.8 Å². The molecule has 0 aliphatic heterocycles. The molecule has 1 aromatic carbocycles. The first-order valence-corrected chi connectivity index (χ1v) is 7.29. The van der Waals surface area contributed by atoms with E-state index in [1.807, 2.05) is 0 Å². The highest BCUT2D eigenvalue weighted by Crippen LogP contribution is 2.51. The summed E-state index contributed by atoms with van der Waals surface area (Å²) < 4.78 is 31.1. The fourth-order valence-electron chi connectivity index (χ4n) is 1.96. The second-order valence-corrected chi connectivity index (χ2v) is 5.97. The van der Waals surface area contributed by atoms with Crippen molar-refractivity contribution < 1.29 is 18.3 Å². The third kappa shape index (κ3) is 3.93. The van der Waals surface area contributed by atoms with Crippen LogP contribution in [0.4, 0.5) is 8.78 Å². The summed E-state index contributed by atoms with van der Waals surface area (Å²) in [5.41, 5.74) is 0.389. The van der Waals surface area contributed by atoms with Crippen LogP contribution in [0.5, 0.6) is 0 Å². The maximum atomic E-state index is 13.4. The van der Waals surface area contributed by atoms with Crippen molar-refractivity contribution in [3.8, 4) is 0 Å². The lowest BCUT2D eigenvalue weighted by atomic mass is 10.1. The lowest BCUT2D eigenvalue weighted by Gasteiger charge is -2.13. The molecular weight excluding hydrogens is 270 g/mol. The van der Waals surface area contributed by atoms with Crippen LogP contribution in [0.25, 0.3) is 0 Å². The van der Waals surface area contributed by atoms with Gasteiger partial charge in [-0.15, -0.1) is 0 Å². The normalized spacial score (nSPS) is 16.2. The number of hydrogen-bond donors (Lipinski definition) is 0. The molecule has 0 radical (unpaired) electrons. The van der Waals surface area contributed by atoms with Gasteiger partial charge in [-0.25, -0.2) is 8.78 Å². The summed E-state index contributed by atoms with van der Waals surface area (Å²) in [6.07, 6.45) is 2.42. The number of ether oxygens (including phenoxy) is 1. The van der Waals surface area contributed by atoms with Crippen molar-refractivity contribution in [3.05, 3.63) is 35.4 Å². The molecule has 0 unspecified atom stereocenters. The molecule has 1 aliphatic rings. The first kappa shape index (κ1) is 14.3. The Morgan fingerprint density at radius 3 is 2.79 bits per heavy atom. The first-order valence-electron chi connectivity index (χ1n) is 6.13. The summed E-state index contributed by atoms with van der Waals surface area (Å²) in [5.74, 6) is 0.194. The highest BCUT2D eigenvalue weighted by molar-refractivity contribution is 7.98. The standard InChI is InChI=1S/C14H16F2O2S/c1-18-13(17)7-14(4-5-14)9-19-8-10-6-11(15)2-3-12(10)16/h2-3,6H,4-5,7-9H2,1H3. The average molecular weight is 286 g/mol. The van der Waals surface area contributed by atoms with Gasteiger partial charge in [-0.2, -0.15) is 11.8 Å². The van der Waals surface area contributed by atoms with Gasteiger partial charge in [-0.05, 0) is 42.2 Å². The van der Waals surface area contributed by atoms with Gasteiger partial charge in [0.05, 0.1) is 13.5 Å². The molecule has 0 atom stereocenters. The van der Waals surface area contributed by atoms with Crippen LogP contribution in [0.15, 0.2) is 18.2 Å². The first-order chi connectivity index (χ1) is 9.04. The molecular formula is C14H16F2O2S. The number of methoxy groups -OCH3 is 1. The Kier molecular flexibility index (Phi) is 4.45. The highest BCUT2D eigenvalue weighted by Gasteiger charge is 2.44. The van der Waals surface area contributed by atoms with Gasteiger partial charge in [0, 0.05) is 11.3 Å². The number of rotatable bonds is 6. The minimum Gasteiger partial charge on any atom is -0.469 e. The Morgan fingerprint density at radius 2 is 2.16 bits per heavy atom. The van der Waals surface area contributed by atoms with Gasteiger partial charge in [0.25, 0.3) is 0 Å². The predicted molar refractivity (Wildman–Crippen MR) is 70.8 cm³/mol. The maximum absolute atomic E-state index is 13.4. The van der Waals surface area contributed by atoms with Gasteiger partial charge in [0.2, 0.25) is 0 Å². The zero-order chi connectivity index (χ0) is 13.9. The van der Waals surface area contributed by atoms with E-state index in [-0.39, 0.29) is 17.2 Å². The monoisotopic (exact) mass is 286 g/mol. The molecule has 0 saturated heterocycles. The van der Waals surface area contributed by atoms with Crippen LogP contribution < -0.4 is 0 Å². The van der Waals surface area contributed by atoms with Gasteiger partial charge in [-0.3, -0.25) is 4.79 Å². The van der Waals surface area contributed by atoms with Crippen LogP contribution in [-0.4, -0.2) is 18.8 Å². The molecule has 1 saturated carbocycles. The Labute approximate surface area is 115 Å². The zero-order valence-electron chi connectivity index (χ0n) is 10.7. The molecule has 1 aliphatic carbocycles. The summed E-state index contributed by atoms with van der Waals surface area (Å²) >= 11 is 1.54. The third-order valence-electron chi connectivity index (χ3n) is 3.38. The van der Waals surface area contributed by atoms with Crippen molar-refractivity contribution in [2.24, 2.45) is 5.41 Å². The van der Waals surface area contributed by atoms with E-state index in [0.717, 1.165) is 30.7 Å². The van der Waals surface area contributed by atoms with E-state index < -0.39 is 5.82 Å². The highest BCUT2D eigenvalue weighted by atomic mass is 32.2. The van der Waals surface area contributed by atoms with E-state index in [1.54, 1.807) is 0 Å². The van der Waals surface area contributed by atoms with Gasteiger partial charge < -0.3 is 4.74 Å². The number of carbonyl (C=O) groups is 1. The predicted octanol–water partition coefficient (Wildman–Crippen LogP) is 3.54. The minimum absolute atomic E-state index is 0.0154. The molecule has 0 heterocycles. The number of thioether (sulfide) groups is 1. The van der Waals surface area contributed by atoms with E-state index in [1.165, 1.54) is 24.9 Å². The van der Waals surface area contributed by atoms with Gasteiger partial charge in [-0.1, -0.05) is 0 Å². The Bertz CT molecular complexity index is 473. The van der Waals surface area contributed by atoms with E-state index >= 15 is 0 Å². The molecule has 0 amide bonds. The number of benzene rings is 1. The Balaban J connectivity index is 1.83. The Hall–Kier alpha value is -1.10. The number of hydrogen-bond acceptors (Lipinski definition) is 3.